The van der Waals surface area contributed by atoms with Gasteiger partial charge in [0.1, 0.15) is 18.0 Å². The summed E-state index contributed by atoms with van der Waals surface area (Å²) in [4.78, 5) is 17.7. The van der Waals surface area contributed by atoms with Gasteiger partial charge in [-0.1, -0.05) is 7.43 Å². The highest BCUT2D eigenvalue weighted by atomic mass is 16.3. The average Bonchev–Trinajstić information content (AvgIpc) is 2.96. The number of nitrogens with zero attached hydrogens (tertiary/aromatic N) is 3. The maximum Gasteiger partial charge on any atom is 0.242 e. The first-order valence-corrected chi connectivity index (χ1v) is 5.81. The maximum absolute atomic E-state index is 12.0. The minimum Gasteiger partial charge on any atom is -0.383 e. The number of imidazole rings is 1. The van der Waals surface area contributed by atoms with Crippen LogP contribution in [0.3, 0.4) is 0 Å². The third-order valence-electron chi connectivity index (χ3n) is 3.17. The number of carbonyl (C=O) groups excluding carboxylic acids is 1. The molecule has 0 bridgehead atoms. The van der Waals surface area contributed by atoms with Gasteiger partial charge in [0.15, 0.2) is 0 Å². The summed E-state index contributed by atoms with van der Waals surface area (Å²) >= 11 is 0. The van der Waals surface area contributed by atoms with Crippen LogP contribution in [0.2, 0.25) is 0 Å². The zero-order valence-electron chi connectivity index (χ0n) is 9.91. The van der Waals surface area contributed by atoms with Crippen molar-refractivity contribution in [2.45, 2.75) is 32.4 Å². The highest BCUT2D eigenvalue weighted by Gasteiger charge is 2.31. The minimum atomic E-state index is -1.05. The van der Waals surface area contributed by atoms with E-state index in [0.29, 0.717) is 5.82 Å². The number of aliphatic hydroxyl groups is 1. The average molecular weight is 254 g/mol. The van der Waals surface area contributed by atoms with E-state index in [-0.39, 0.29) is 13.3 Å². The number of carbonyl (C=O) groups is 1. The molecule has 2 atom stereocenters. The molecule has 0 radical (unpaired) electrons. The lowest BCUT2D eigenvalue weighted by atomic mass is 10.1. The number of amides is 1. The van der Waals surface area contributed by atoms with E-state index in [0.717, 1.165) is 25.9 Å². The standard InChI is InChI=1S/C11H18N4O2.CH4/c1-14-7-4-13-10(14)9(16)8(12)11(17)15-5-2-3-6-15;/h4,7-9,16H,2-3,5-6,12H2,1H3;1H4/t8-,9-;/m1./s1. The zero-order chi connectivity index (χ0) is 12.4. The Labute approximate surface area is 107 Å². The lowest BCUT2D eigenvalue weighted by Crippen LogP contribution is -2.46. The Bertz CT molecular complexity index is 399. The summed E-state index contributed by atoms with van der Waals surface area (Å²) in [5, 5.41) is 10.0. The molecule has 1 aliphatic heterocycles. The summed E-state index contributed by atoms with van der Waals surface area (Å²) in [6, 6.07) is -0.936. The van der Waals surface area contributed by atoms with Crippen LogP contribution in [-0.4, -0.2) is 44.6 Å². The highest BCUT2D eigenvalue weighted by molar-refractivity contribution is 5.82. The van der Waals surface area contributed by atoms with Crippen molar-refractivity contribution in [3.8, 4) is 0 Å². The van der Waals surface area contributed by atoms with Crippen LogP contribution in [0.5, 0.6) is 0 Å². The number of hydrogen-bond donors (Lipinski definition) is 2. The number of nitrogens with two attached hydrogens (primary N) is 1. The molecule has 0 aliphatic carbocycles. The molecular formula is C12H22N4O2. The molecule has 1 saturated heterocycles. The number of aliphatic hydroxyl groups excluding tert-OH is 1. The Hall–Kier alpha value is -1.40. The Morgan fingerprint density at radius 3 is 2.61 bits per heavy atom. The number of rotatable bonds is 3. The second-order valence-corrected chi connectivity index (χ2v) is 4.40. The molecule has 0 saturated carbocycles. The van der Waals surface area contributed by atoms with Gasteiger partial charge < -0.3 is 20.3 Å². The molecule has 6 heteroatoms. The van der Waals surface area contributed by atoms with Crippen LogP contribution < -0.4 is 5.73 Å². The SMILES string of the molecule is C.Cn1ccnc1[C@H](O)[C@@H](N)C(=O)N1CCCC1. The van der Waals surface area contributed by atoms with Crippen molar-refractivity contribution in [2.75, 3.05) is 13.1 Å². The van der Waals surface area contributed by atoms with E-state index in [4.69, 9.17) is 5.73 Å². The number of hydrogen-bond acceptors (Lipinski definition) is 4. The largest absolute Gasteiger partial charge is 0.383 e. The molecule has 2 heterocycles. The summed E-state index contributed by atoms with van der Waals surface area (Å²) in [6.07, 6.45) is 4.26. The molecule has 3 N–H and O–H groups in total. The fourth-order valence-electron chi connectivity index (χ4n) is 2.11. The van der Waals surface area contributed by atoms with Gasteiger partial charge in [0.05, 0.1) is 0 Å². The molecule has 6 nitrogen and oxygen atoms in total. The molecule has 18 heavy (non-hydrogen) atoms. The zero-order valence-corrected chi connectivity index (χ0v) is 9.91. The van der Waals surface area contributed by atoms with Crippen molar-refractivity contribution >= 4 is 5.91 Å². The van der Waals surface area contributed by atoms with E-state index in [1.54, 1.807) is 28.9 Å². The van der Waals surface area contributed by atoms with Gasteiger partial charge >= 0.3 is 0 Å². The summed E-state index contributed by atoms with van der Waals surface area (Å²) < 4.78 is 1.67. The fourth-order valence-corrected chi connectivity index (χ4v) is 2.11. The van der Waals surface area contributed by atoms with E-state index in [9.17, 15) is 9.90 Å². The van der Waals surface area contributed by atoms with E-state index >= 15 is 0 Å². The number of likely N-dealkylation sites (tertiary alicyclic amines) is 1. The predicted octanol–water partition coefficient (Wildman–Crippen LogP) is 0.0393. The molecule has 1 fully saturated rings. The fraction of sp³-hybridized carbons (Fsp3) is 0.667. The molecule has 0 aromatic carbocycles. The molecule has 1 aliphatic rings. The Kier molecular flexibility index (Phi) is 4.86. The molecule has 0 spiro atoms. The summed E-state index contributed by atoms with van der Waals surface area (Å²) in [6.45, 7) is 1.47. The van der Waals surface area contributed by atoms with Crippen molar-refractivity contribution in [1.82, 2.24) is 14.5 Å². The monoisotopic (exact) mass is 254 g/mol. The smallest absolute Gasteiger partial charge is 0.242 e. The van der Waals surface area contributed by atoms with Crippen molar-refractivity contribution in [3.63, 3.8) is 0 Å². The third-order valence-corrected chi connectivity index (χ3v) is 3.17. The first-order chi connectivity index (χ1) is 8.11. The highest BCUT2D eigenvalue weighted by Crippen LogP contribution is 2.17. The summed E-state index contributed by atoms with van der Waals surface area (Å²) in [7, 11) is 1.76. The van der Waals surface area contributed by atoms with Gasteiger partial charge in [-0.2, -0.15) is 0 Å². The lowest BCUT2D eigenvalue weighted by molar-refractivity contribution is -0.134. The van der Waals surface area contributed by atoms with Crippen molar-refractivity contribution in [2.24, 2.45) is 12.8 Å². The van der Waals surface area contributed by atoms with Gasteiger partial charge in [0.25, 0.3) is 0 Å². The van der Waals surface area contributed by atoms with Gasteiger partial charge in [-0.3, -0.25) is 4.79 Å². The summed E-state index contributed by atoms with van der Waals surface area (Å²) in [5.41, 5.74) is 5.81. The first-order valence-electron chi connectivity index (χ1n) is 5.81. The Balaban J connectivity index is 0.00000162. The van der Waals surface area contributed by atoms with E-state index in [2.05, 4.69) is 4.98 Å². The topological polar surface area (TPSA) is 84.4 Å². The van der Waals surface area contributed by atoms with Crippen LogP contribution >= 0.6 is 0 Å². The van der Waals surface area contributed by atoms with Gasteiger partial charge in [-0.05, 0) is 12.8 Å². The molecule has 1 amide bonds. The second kappa shape index (κ2) is 5.97. The van der Waals surface area contributed by atoms with Crippen LogP contribution in [0.4, 0.5) is 0 Å². The van der Waals surface area contributed by atoms with Gasteiger partial charge in [0.2, 0.25) is 5.91 Å². The Morgan fingerprint density at radius 1 is 1.50 bits per heavy atom. The van der Waals surface area contributed by atoms with Crippen molar-refractivity contribution < 1.29 is 9.90 Å². The second-order valence-electron chi connectivity index (χ2n) is 4.40. The Morgan fingerprint density at radius 2 is 2.11 bits per heavy atom. The molecule has 2 rings (SSSR count). The van der Waals surface area contributed by atoms with Crippen LogP contribution in [0.1, 0.15) is 32.2 Å². The van der Waals surface area contributed by atoms with E-state index in [1.165, 1.54) is 0 Å². The minimum absolute atomic E-state index is 0. The van der Waals surface area contributed by atoms with Crippen molar-refractivity contribution in [3.05, 3.63) is 18.2 Å². The number of aryl methyl sites for hydroxylation is 1. The molecule has 1 aromatic heterocycles. The third kappa shape index (κ3) is 2.70. The number of aromatic nitrogens is 2. The van der Waals surface area contributed by atoms with E-state index < -0.39 is 12.1 Å². The van der Waals surface area contributed by atoms with Crippen LogP contribution in [-0.2, 0) is 11.8 Å². The molecule has 1 aromatic rings. The lowest BCUT2D eigenvalue weighted by Gasteiger charge is -2.23. The van der Waals surface area contributed by atoms with Gasteiger partial charge in [0, 0.05) is 32.5 Å². The molecule has 0 unspecified atom stereocenters. The maximum atomic E-state index is 12.0. The first kappa shape index (κ1) is 14.7. The molecule has 102 valence electrons. The van der Waals surface area contributed by atoms with Crippen molar-refractivity contribution in [1.29, 1.82) is 0 Å². The quantitative estimate of drug-likeness (QED) is 0.797. The van der Waals surface area contributed by atoms with E-state index in [1.807, 2.05) is 0 Å². The van der Waals surface area contributed by atoms with Crippen LogP contribution in [0.25, 0.3) is 0 Å². The van der Waals surface area contributed by atoms with Crippen LogP contribution in [0.15, 0.2) is 12.4 Å². The van der Waals surface area contributed by atoms with Gasteiger partial charge in [-0.15, -0.1) is 0 Å². The normalized spacial score (nSPS) is 18.3. The predicted molar refractivity (Wildman–Crippen MR) is 68.7 cm³/mol. The van der Waals surface area contributed by atoms with Crippen LogP contribution in [0, 0.1) is 0 Å². The molecular weight excluding hydrogens is 232 g/mol. The van der Waals surface area contributed by atoms with Gasteiger partial charge in [-0.25, -0.2) is 4.98 Å². The summed E-state index contributed by atoms with van der Waals surface area (Å²) in [5.74, 6) is 0.225.